The molecule has 9 heteroatoms. The summed E-state index contributed by atoms with van der Waals surface area (Å²) in [7, 11) is 3.81. The maximum absolute atomic E-state index is 6.50. The topological polar surface area (TPSA) is 101 Å². The lowest BCUT2D eigenvalue weighted by atomic mass is 10.1. The van der Waals surface area contributed by atoms with Gasteiger partial charge in [0.05, 0.1) is 23.7 Å². The summed E-state index contributed by atoms with van der Waals surface area (Å²) >= 11 is 0. The van der Waals surface area contributed by atoms with Gasteiger partial charge in [0, 0.05) is 43.6 Å². The predicted molar refractivity (Wildman–Crippen MR) is 134 cm³/mol. The smallest absolute Gasteiger partial charge is 0.159 e. The molecule has 34 heavy (non-hydrogen) atoms. The van der Waals surface area contributed by atoms with Gasteiger partial charge in [0.1, 0.15) is 17.0 Å². The molecule has 0 amide bonds. The zero-order valence-corrected chi connectivity index (χ0v) is 19.2. The lowest BCUT2D eigenvalue weighted by molar-refractivity contribution is 0.313. The number of nitrogens with zero attached hydrogens (tertiary/aromatic N) is 6. The normalized spacial score (nSPS) is 14.8. The molecule has 1 aliphatic heterocycles. The Labute approximate surface area is 196 Å². The Morgan fingerprint density at radius 1 is 0.971 bits per heavy atom. The summed E-state index contributed by atoms with van der Waals surface area (Å²) in [6.45, 7) is 4.12. The number of piperazine rings is 1. The number of aromatic amines is 1. The maximum atomic E-state index is 6.50. The standard InChI is InChI=1S/C25H26N8O/c1-31-9-11-32(12-10-31)17-6-7-21-19(15-17)29-25(33(21)26)16-13-20-23(22(14-16)34-2)30-24(28-20)18-5-3-4-8-27-18/h3-8,13-15H,9-12,26H2,1-2H3,(H,28,30). The van der Waals surface area contributed by atoms with E-state index in [2.05, 4.69) is 38.9 Å². The van der Waals surface area contributed by atoms with Crippen LogP contribution in [0.25, 0.3) is 45.0 Å². The second-order valence-corrected chi connectivity index (χ2v) is 8.64. The minimum atomic E-state index is 0.660. The van der Waals surface area contributed by atoms with E-state index in [9.17, 15) is 0 Å². The van der Waals surface area contributed by atoms with Crippen LogP contribution >= 0.6 is 0 Å². The van der Waals surface area contributed by atoms with Gasteiger partial charge in [-0.25, -0.2) is 14.6 Å². The van der Waals surface area contributed by atoms with Gasteiger partial charge in [0.25, 0.3) is 0 Å². The number of aromatic nitrogens is 5. The molecule has 0 spiro atoms. The molecule has 0 bridgehead atoms. The van der Waals surface area contributed by atoms with Crippen LogP contribution in [0.3, 0.4) is 0 Å². The molecule has 0 saturated carbocycles. The minimum absolute atomic E-state index is 0.660. The first kappa shape index (κ1) is 20.5. The number of nitrogen functional groups attached to an aromatic ring is 1. The summed E-state index contributed by atoms with van der Waals surface area (Å²) in [6, 6.07) is 15.9. The van der Waals surface area contributed by atoms with Crippen LogP contribution in [0.5, 0.6) is 5.75 Å². The zero-order chi connectivity index (χ0) is 23.2. The second kappa shape index (κ2) is 8.03. The monoisotopic (exact) mass is 454 g/mol. The van der Waals surface area contributed by atoms with Gasteiger partial charge in [0.2, 0.25) is 0 Å². The quantitative estimate of drug-likeness (QED) is 0.402. The highest BCUT2D eigenvalue weighted by molar-refractivity contribution is 5.91. The van der Waals surface area contributed by atoms with E-state index in [-0.39, 0.29) is 0 Å². The number of imidazole rings is 2. The highest BCUT2D eigenvalue weighted by Crippen LogP contribution is 2.34. The zero-order valence-electron chi connectivity index (χ0n) is 19.2. The molecule has 0 unspecified atom stereocenters. The molecular weight excluding hydrogens is 428 g/mol. The van der Waals surface area contributed by atoms with Gasteiger partial charge in [-0.05, 0) is 49.5 Å². The Balaban J connectivity index is 1.42. The van der Waals surface area contributed by atoms with E-state index in [0.717, 1.165) is 59.5 Å². The fraction of sp³-hybridized carbons (Fsp3) is 0.240. The molecule has 6 rings (SSSR count). The second-order valence-electron chi connectivity index (χ2n) is 8.64. The largest absolute Gasteiger partial charge is 0.494 e. The molecular formula is C25H26N8O. The van der Waals surface area contributed by atoms with Crippen molar-refractivity contribution in [3.05, 3.63) is 54.7 Å². The summed E-state index contributed by atoms with van der Waals surface area (Å²) in [5.74, 6) is 8.52. The summed E-state index contributed by atoms with van der Waals surface area (Å²) in [6.07, 6.45) is 1.75. The van der Waals surface area contributed by atoms with Crippen LogP contribution in [-0.4, -0.2) is 69.8 Å². The van der Waals surface area contributed by atoms with Gasteiger partial charge >= 0.3 is 0 Å². The number of pyridine rings is 1. The van der Waals surface area contributed by atoms with E-state index < -0.39 is 0 Å². The molecule has 172 valence electrons. The third-order valence-corrected chi connectivity index (χ3v) is 6.48. The predicted octanol–water partition coefficient (Wildman–Crippen LogP) is 3.12. The lowest BCUT2D eigenvalue weighted by Gasteiger charge is -2.34. The van der Waals surface area contributed by atoms with E-state index in [1.54, 1.807) is 18.0 Å². The third kappa shape index (κ3) is 3.41. The Kier molecular flexibility index (Phi) is 4.84. The molecule has 3 aromatic heterocycles. The SMILES string of the molecule is COc1cc(-c2nc3cc(N4CCN(C)CC4)ccc3n2N)cc2nc(-c3ccccn3)[nH]c12. The van der Waals surface area contributed by atoms with Gasteiger partial charge < -0.3 is 25.4 Å². The van der Waals surface area contributed by atoms with Crippen LogP contribution in [0.4, 0.5) is 5.69 Å². The Hall–Kier alpha value is -4.11. The van der Waals surface area contributed by atoms with E-state index in [4.69, 9.17) is 20.5 Å². The fourth-order valence-corrected chi connectivity index (χ4v) is 4.55. The fourth-order valence-electron chi connectivity index (χ4n) is 4.55. The van der Waals surface area contributed by atoms with E-state index >= 15 is 0 Å². The van der Waals surface area contributed by atoms with Gasteiger partial charge in [-0.3, -0.25) is 4.98 Å². The van der Waals surface area contributed by atoms with Crippen molar-refractivity contribution in [2.24, 2.45) is 0 Å². The van der Waals surface area contributed by atoms with Gasteiger partial charge in [-0.15, -0.1) is 0 Å². The first-order chi connectivity index (χ1) is 16.6. The van der Waals surface area contributed by atoms with Crippen molar-refractivity contribution < 1.29 is 4.74 Å². The molecule has 0 aliphatic carbocycles. The molecule has 5 aromatic rings. The molecule has 9 nitrogen and oxygen atoms in total. The highest BCUT2D eigenvalue weighted by atomic mass is 16.5. The summed E-state index contributed by atoms with van der Waals surface area (Å²) < 4.78 is 7.31. The number of nitrogens with two attached hydrogens (primary N) is 1. The maximum Gasteiger partial charge on any atom is 0.159 e. The van der Waals surface area contributed by atoms with Crippen molar-refractivity contribution in [3.8, 4) is 28.7 Å². The van der Waals surface area contributed by atoms with Gasteiger partial charge in [-0.2, -0.15) is 0 Å². The molecule has 3 N–H and O–H groups in total. The van der Waals surface area contributed by atoms with Crippen molar-refractivity contribution in [1.82, 2.24) is 29.5 Å². The molecule has 1 fully saturated rings. The van der Waals surface area contributed by atoms with Gasteiger partial charge in [-0.1, -0.05) is 6.07 Å². The van der Waals surface area contributed by atoms with E-state index in [0.29, 0.717) is 17.4 Å². The van der Waals surface area contributed by atoms with Crippen molar-refractivity contribution >= 4 is 27.8 Å². The molecule has 1 saturated heterocycles. The summed E-state index contributed by atoms with van der Waals surface area (Å²) in [5, 5.41) is 0. The number of methoxy groups -OCH3 is 1. The lowest BCUT2D eigenvalue weighted by Crippen LogP contribution is -2.44. The van der Waals surface area contributed by atoms with E-state index in [1.165, 1.54) is 5.69 Å². The number of ether oxygens (including phenoxy) is 1. The number of anilines is 1. The van der Waals surface area contributed by atoms with Crippen LogP contribution in [0.1, 0.15) is 0 Å². The number of hydrogen-bond acceptors (Lipinski definition) is 7. The summed E-state index contributed by atoms with van der Waals surface area (Å²) in [5.41, 5.74) is 6.09. The molecule has 0 atom stereocenters. The third-order valence-electron chi connectivity index (χ3n) is 6.48. The average Bonchev–Trinajstić information content (AvgIpc) is 3.45. The average molecular weight is 455 g/mol. The summed E-state index contributed by atoms with van der Waals surface area (Å²) in [4.78, 5) is 22.1. The first-order valence-electron chi connectivity index (χ1n) is 11.3. The Morgan fingerprint density at radius 3 is 2.59 bits per heavy atom. The molecule has 4 heterocycles. The van der Waals surface area contributed by atoms with Crippen molar-refractivity contribution in [1.29, 1.82) is 0 Å². The molecule has 1 aliphatic rings. The van der Waals surface area contributed by atoms with E-state index in [1.807, 2.05) is 36.4 Å². The number of benzene rings is 2. The van der Waals surface area contributed by atoms with Crippen LogP contribution in [0.15, 0.2) is 54.7 Å². The number of nitrogens with one attached hydrogen (secondary N) is 1. The van der Waals surface area contributed by atoms with Crippen LogP contribution in [0, 0.1) is 0 Å². The Bertz CT molecular complexity index is 1480. The number of H-pyrrole nitrogens is 1. The van der Waals surface area contributed by atoms with Crippen LogP contribution < -0.4 is 15.5 Å². The number of likely N-dealkylation sites (N-methyl/N-ethyl adjacent to an activating group) is 1. The first-order valence-corrected chi connectivity index (χ1v) is 11.3. The Morgan fingerprint density at radius 2 is 1.82 bits per heavy atom. The van der Waals surface area contributed by atoms with Gasteiger partial charge in [0.15, 0.2) is 11.6 Å². The molecule has 2 aromatic carbocycles. The van der Waals surface area contributed by atoms with Crippen molar-refractivity contribution in [2.45, 2.75) is 0 Å². The van der Waals surface area contributed by atoms with Crippen molar-refractivity contribution in [3.63, 3.8) is 0 Å². The number of fused-ring (bicyclic) bond motifs is 2. The number of rotatable bonds is 4. The number of hydrogen-bond donors (Lipinski definition) is 2. The molecule has 0 radical (unpaired) electrons. The van der Waals surface area contributed by atoms with Crippen molar-refractivity contribution in [2.75, 3.05) is 51.1 Å². The van der Waals surface area contributed by atoms with Crippen LogP contribution in [0.2, 0.25) is 0 Å². The highest BCUT2D eigenvalue weighted by Gasteiger charge is 2.19. The van der Waals surface area contributed by atoms with Crippen LogP contribution in [-0.2, 0) is 0 Å². The minimum Gasteiger partial charge on any atom is -0.494 e.